The zero-order valence-electron chi connectivity index (χ0n) is 12.3. The number of urea groups is 1. The molecule has 0 aromatic carbocycles. The number of hydrogen-bond acceptors (Lipinski definition) is 3. The van der Waals surface area contributed by atoms with Crippen molar-refractivity contribution in [2.45, 2.75) is 45.2 Å². The van der Waals surface area contributed by atoms with Gasteiger partial charge in [0.1, 0.15) is 6.04 Å². The molecule has 0 aliphatic carbocycles. The summed E-state index contributed by atoms with van der Waals surface area (Å²) in [6.07, 6.45) is 2.70. The van der Waals surface area contributed by atoms with E-state index in [1.807, 2.05) is 13.8 Å². The number of nitrogens with zero attached hydrogens (tertiary/aromatic N) is 1. The number of hydrogen-bond donors (Lipinski definition) is 3. The molecular weight excluding hydrogens is 258 g/mol. The Hall–Kier alpha value is -1.30. The third-order valence-corrected chi connectivity index (χ3v) is 4.28. The van der Waals surface area contributed by atoms with Crippen molar-refractivity contribution in [3.05, 3.63) is 0 Å². The van der Waals surface area contributed by atoms with Gasteiger partial charge in [0.2, 0.25) is 0 Å². The number of rotatable bonds is 5. The van der Waals surface area contributed by atoms with Gasteiger partial charge in [-0.05, 0) is 44.2 Å². The van der Waals surface area contributed by atoms with E-state index in [-0.39, 0.29) is 18.0 Å². The molecule has 6 nitrogen and oxygen atoms in total. The van der Waals surface area contributed by atoms with Crippen molar-refractivity contribution in [2.75, 3.05) is 19.6 Å². The number of nitrogens with one attached hydrogen (secondary N) is 2. The number of carboxylic acids is 1. The van der Waals surface area contributed by atoms with Gasteiger partial charge in [-0.25, -0.2) is 9.59 Å². The van der Waals surface area contributed by atoms with Crippen molar-refractivity contribution in [3.63, 3.8) is 0 Å². The van der Waals surface area contributed by atoms with Crippen molar-refractivity contribution in [3.8, 4) is 0 Å². The van der Waals surface area contributed by atoms with E-state index in [0.29, 0.717) is 12.3 Å². The molecule has 0 aromatic rings. The van der Waals surface area contributed by atoms with Crippen LogP contribution in [0.4, 0.5) is 4.79 Å². The maximum absolute atomic E-state index is 12.0. The van der Waals surface area contributed by atoms with Crippen LogP contribution in [0.2, 0.25) is 0 Å². The summed E-state index contributed by atoms with van der Waals surface area (Å²) in [5.74, 6) is -0.199. The minimum atomic E-state index is -0.970. The summed E-state index contributed by atoms with van der Waals surface area (Å²) in [5.41, 5.74) is 0. The molecule has 2 atom stereocenters. The van der Waals surface area contributed by atoms with Gasteiger partial charge in [-0.2, -0.15) is 0 Å². The number of carbonyl (C=O) groups is 2. The monoisotopic (exact) mass is 283 g/mol. The molecule has 0 saturated carbocycles. The molecule has 3 N–H and O–H groups in total. The Morgan fingerprint density at radius 3 is 2.40 bits per heavy atom. The van der Waals surface area contributed by atoms with Gasteiger partial charge in [-0.1, -0.05) is 13.8 Å². The van der Waals surface area contributed by atoms with Crippen LogP contribution < -0.4 is 10.6 Å². The van der Waals surface area contributed by atoms with Gasteiger partial charge in [0, 0.05) is 12.6 Å². The van der Waals surface area contributed by atoms with Crippen molar-refractivity contribution in [1.82, 2.24) is 15.5 Å². The average molecular weight is 283 g/mol. The van der Waals surface area contributed by atoms with Crippen LogP contribution in [-0.4, -0.2) is 53.7 Å². The molecule has 0 spiro atoms. The number of amides is 2. The molecule has 6 heteroatoms. The molecule has 20 heavy (non-hydrogen) atoms. The second kappa shape index (κ2) is 6.43. The first kappa shape index (κ1) is 15.1. The smallest absolute Gasteiger partial charge is 0.326 e. The quantitative estimate of drug-likeness (QED) is 0.699. The molecule has 2 amide bonds. The number of carbonyl (C=O) groups excluding carboxylic acids is 1. The summed E-state index contributed by atoms with van der Waals surface area (Å²) < 4.78 is 0. The molecule has 3 aliphatic rings. The van der Waals surface area contributed by atoms with Gasteiger partial charge in [-0.15, -0.1) is 0 Å². The average Bonchev–Trinajstić information content (AvgIpc) is 2.38. The summed E-state index contributed by atoms with van der Waals surface area (Å²) in [6, 6.07) is -1.00. The summed E-state index contributed by atoms with van der Waals surface area (Å²) >= 11 is 0. The summed E-state index contributed by atoms with van der Waals surface area (Å²) in [7, 11) is 0. The predicted molar refractivity (Wildman–Crippen MR) is 75.5 cm³/mol. The zero-order valence-corrected chi connectivity index (χ0v) is 12.3. The molecule has 0 aromatic heterocycles. The minimum Gasteiger partial charge on any atom is -0.480 e. The molecule has 3 heterocycles. The van der Waals surface area contributed by atoms with E-state index < -0.39 is 12.0 Å². The van der Waals surface area contributed by atoms with Crippen molar-refractivity contribution >= 4 is 12.0 Å². The first-order valence-corrected chi connectivity index (χ1v) is 7.48. The van der Waals surface area contributed by atoms with Crippen LogP contribution in [0.15, 0.2) is 0 Å². The van der Waals surface area contributed by atoms with Crippen LogP contribution in [0.25, 0.3) is 0 Å². The van der Waals surface area contributed by atoms with E-state index >= 15 is 0 Å². The summed E-state index contributed by atoms with van der Waals surface area (Å²) in [5, 5.41) is 14.7. The molecular formula is C14H25N3O3. The fraction of sp³-hybridized carbons (Fsp3) is 0.857. The first-order valence-electron chi connectivity index (χ1n) is 7.48. The maximum atomic E-state index is 12.0. The number of fused-ring (bicyclic) bond motifs is 3. The van der Waals surface area contributed by atoms with E-state index in [9.17, 15) is 9.59 Å². The van der Waals surface area contributed by atoms with E-state index in [0.717, 1.165) is 32.5 Å². The van der Waals surface area contributed by atoms with Gasteiger partial charge >= 0.3 is 12.0 Å². The van der Waals surface area contributed by atoms with Crippen LogP contribution in [0.3, 0.4) is 0 Å². The van der Waals surface area contributed by atoms with Crippen LogP contribution in [-0.2, 0) is 4.79 Å². The lowest BCUT2D eigenvalue weighted by molar-refractivity contribution is -0.139. The van der Waals surface area contributed by atoms with Gasteiger partial charge < -0.3 is 20.6 Å². The first-order chi connectivity index (χ1) is 9.45. The third kappa shape index (κ3) is 3.85. The van der Waals surface area contributed by atoms with Crippen molar-refractivity contribution in [2.24, 2.45) is 11.8 Å². The van der Waals surface area contributed by atoms with Crippen LogP contribution in [0, 0.1) is 11.8 Å². The highest BCUT2D eigenvalue weighted by Crippen LogP contribution is 2.27. The van der Waals surface area contributed by atoms with E-state index in [4.69, 9.17) is 5.11 Å². The molecule has 3 saturated heterocycles. The molecule has 114 valence electrons. The molecule has 1 unspecified atom stereocenters. The summed E-state index contributed by atoms with van der Waals surface area (Å²) in [6.45, 7) is 7.02. The Labute approximate surface area is 119 Å². The molecule has 3 aliphatic heterocycles. The Morgan fingerprint density at radius 1 is 1.30 bits per heavy atom. The molecule has 3 fully saturated rings. The predicted octanol–water partition coefficient (Wildman–Crippen LogP) is 0.879. The van der Waals surface area contributed by atoms with Crippen molar-refractivity contribution in [1.29, 1.82) is 0 Å². The minimum absolute atomic E-state index is 0.158. The van der Waals surface area contributed by atoms with Crippen molar-refractivity contribution < 1.29 is 14.7 Å². The fourth-order valence-corrected chi connectivity index (χ4v) is 3.19. The number of aliphatic carboxylic acids is 1. The Balaban J connectivity index is 1.83. The van der Waals surface area contributed by atoms with Crippen LogP contribution in [0.1, 0.15) is 33.1 Å². The van der Waals surface area contributed by atoms with E-state index in [1.54, 1.807) is 0 Å². The Morgan fingerprint density at radius 2 is 1.95 bits per heavy atom. The summed E-state index contributed by atoms with van der Waals surface area (Å²) in [4.78, 5) is 25.5. The zero-order chi connectivity index (χ0) is 14.7. The largest absolute Gasteiger partial charge is 0.480 e. The van der Waals surface area contributed by atoms with Crippen LogP contribution in [0.5, 0.6) is 0 Å². The lowest BCUT2D eigenvalue weighted by Crippen LogP contribution is -2.59. The van der Waals surface area contributed by atoms with Crippen LogP contribution >= 0.6 is 0 Å². The van der Waals surface area contributed by atoms with Gasteiger partial charge in [0.25, 0.3) is 0 Å². The molecule has 3 rings (SSSR count). The number of piperidine rings is 3. The van der Waals surface area contributed by atoms with Gasteiger partial charge in [-0.3, -0.25) is 0 Å². The highest BCUT2D eigenvalue weighted by Gasteiger charge is 2.35. The lowest BCUT2D eigenvalue weighted by atomic mass is 9.84. The fourth-order valence-electron chi connectivity index (χ4n) is 3.19. The number of carboxylic acid groups (broad SMARTS) is 1. The van der Waals surface area contributed by atoms with Gasteiger partial charge in [0.15, 0.2) is 0 Å². The Kier molecular flexibility index (Phi) is 4.86. The second-order valence-electron chi connectivity index (χ2n) is 6.38. The van der Waals surface area contributed by atoms with E-state index in [1.165, 1.54) is 0 Å². The standard InChI is InChI=1S/C14H25N3O3/c1-9(2)7-11(13(18)19)15-14(20)16-12-8-17-5-3-10(12)4-6-17/h9-12H,3-8H2,1-2H3,(H,18,19)(H2,15,16,20)/t11-,12?/m1/s1. The normalized spacial score (nSPS) is 30.1. The SMILES string of the molecule is CC(C)C[C@@H](NC(=O)NC1CN2CCC1CC2)C(=O)O. The second-order valence-corrected chi connectivity index (χ2v) is 6.38. The molecule has 0 radical (unpaired) electrons. The third-order valence-electron chi connectivity index (χ3n) is 4.28. The molecule has 2 bridgehead atoms. The van der Waals surface area contributed by atoms with Gasteiger partial charge in [0.05, 0.1) is 0 Å². The highest BCUT2D eigenvalue weighted by atomic mass is 16.4. The highest BCUT2D eigenvalue weighted by molar-refractivity contribution is 5.82. The van der Waals surface area contributed by atoms with E-state index in [2.05, 4.69) is 15.5 Å². The lowest BCUT2D eigenvalue weighted by Gasteiger charge is -2.44. The maximum Gasteiger partial charge on any atom is 0.326 e. The Bertz CT molecular complexity index is 365. The topological polar surface area (TPSA) is 81.7 Å².